The van der Waals surface area contributed by atoms with Crippen LogP contribution in [0.4, 0.5) is 0 Å². The number of nitrogens with one attached hydrogen (secondary N) is 1. The van der Waals surface area contributed by atoms with Gasteiger partial charge in [-0.15, -0.1) is 0 Å². The number of amides is 1. The summed E-state index contributed by atoms with van der Waals surface area (Å²) in [5.41, 5.74) is 2.98. The summed E-state index contributed by atoms with van der Waals surface area (Å²) in [5, 5.41) is 18.6. The van der Waals surface area contributed by atoms with Crippen LogP contribution in [0.1, 0.15) is 30.6 Å². The van der Waals surface area contributed by atoms with Crippen molar-refractivity contribution in [2.24, 2.45) is 0 Å². The van der Waals surface area contributed by atoms with Crippen molar-refractivity contribution in [2.45, 2.75) is 26.3 Å². The lowest BCUT2D eigenvalue weighted by Crippen LogP contribution is -2.27. The molecule has 5 heteroatoms. The average Bonchev–Trinajstić information content (AvgIpc) is 2.96. The minimum atomic E-state index is -0.165. The molecule has 0 aliphatic rings. The van der Waals surface area contributed by atoms with Crippen LogP contribution in [0.5, 0.6) is 0 Å². The van der Waals surface area contributed by atoms with Gasteiger partial charge in [0.1, 0.15) is 0 Å². The molecule has 0 spiro atoms. The zero-order valence-corrected chi connectivity index (χ0v) is 13.9. The zero-order chi connectivity index (χ0) is 17.1. The van der Waals surface area contributed by atoms with Crippen molar-refractivity contribution < 1.29 is 9.90 Å². The largest absolute Gasteiger partial charge is 0.396 e. The molecular formula is C19H21N3O2. The van der Waals surface area contributed by atoms with E-state index < -0.39 is 0 Å². The molecule has 1 heterocycles. The SMILES string of the molecule is Cc1c(C(C)NC(=O)CCO)cnn1-c1cccc2ccccc12. The summed E-state index contributed by atoms with van der Waals surface area (Å²) >= 11 is 0. The van der Waals surface area contributed by atoms with E-state index in [2.05, 4.69) is 28.6 Å². The monoisotopic (exact) mass is 323 g/mol. The molecule has 0 saturated carbocycles. The molecule has 1 atom stereocenters. The van der Waals surface area contributed by atoms with Crippen LogP contribution in [0.15, 0.2) is 48.7 Å². The minimum Gasteiger partial charge on any atom is -0.396 e. The maximum Gasteiger partial charge on any atom is 0.222 e. The Labute approximate surface area is 140 Å². The summed E-state index contributed by atoms with van der Waals surface area (Å²) in [6.07, 6.45) is 1.90. The van der Waals surface area contributed by atoms with Crippen molar-refractivity contribution in [2.75, 3.05) is 6.61 Å². The maximum atomic E-state index is 11.7. The lowest BCUT2D eigenvalue weighted by molar-refractivity contribution is -0.122. The van der Waals surface area contributed by atoms with Crippen molar-refractivity contribution in [3.05, 3.63) is 59.9 Å². The Kier molecular flexibility index (Phi) is 4.62. The molecule has 1 aromatic heterocycles. The van der Waals surface area contributed by atoms with E-state index in [0.717, 1.165) is 27.7 Å². The van der Waals surface area contributed by atoms with Crippen molar-refractivity contribution in [1.29, 1.82) is 0 Å². The third-order valence-corrected chi connectivity index (χ3v) is 4.23. The van der Waals surface area contributed by atoms with Crippen LogP contribution in [0, 0.1) is 6.92 Å². The van der Waals surface area contributed by atoms with E-state index in [1.54, 1.807) is 6.20 Å². The third-order valence-electron chi connectivity index (χ3n) is 4.23. The van der Waals surface area contributed by atoms with Gasteiger partial charge in [-0.25, -0.2) is 4.68 Å². The van der Waals surface area contributed by atoms with Crippen molar-refractivity contribution in [1.82, 2.24) is 15.1 Å². The van der Waals surface area contributed by atoms with Gasteiger partial charge in [-0.05, 0) is 25.3 Å². The number of carbonyl (C=O) groups excluding carboxylic acids is 1. The predicted molar refractivity (Wildman–Crippen MR) is 94.1 cm³/mol. The number of fused-ring (bicyclic) bond motifs is 1. The summed E-state index contributed by atoms with van der Waals surface area (Å²) in [4.78, 5) is 11.7. The Morgan fingerprint density at radius 3 is 2.79 bits per heavy atom. The molecular weight excluding hydrogens is 302 g/mol. The number of nitrogens with zero attached hydrogens (tertiary/aromatic N) is 2. The van der Waals surface area contributed by atoms with E-state index in [1.807, 2.05) is 42.8 Å². The van der Waals surface area contributed by atoms with Gasteiger partial charge in [-0.2, -0.15) is 5.10 Å². The normalized spacial score (nSPS) is 12.3. The van der Waals surface area contributed by atoms with Gasteiger partial charge in [0.05, 0.1) is 24.5 Å². The Morgan fingerprint density at radius 1 is 1.25 bits per heavy atom. The first-order valence-corrected chi connectivity index (χ1v) is 8.04. The van der Waals surface area contributed by atoms with E-state index in [4.69, 9.17) is 5.11 Å². The van der Waals surface area contributed by atoms with Gasteiger partial charge < -0.3 is 10.4 Å². The molecule has 0 fully saturated rings. The van der Waals surface area contributed by atoms with Gasteiger partial charge in [0.25, 0.3) is 0 Å². The summed E-state index contributed by atoms with van der Waals surface area (Å²) in [5.74, 6) is -0.165. The number of aliphatic hydroxyl groups excluding tert-OH is 1. The minimum absolute atomic E-state index is 0.112. The predicted octanol–water partition coefficient (Wildman–Crippen LogP) is 2.89. The highest BCUT2D eigenvalue weighted by Gasteiger charge is 2.17. The maximum absolute atomic E-state index is 11.7. The van der Waals surface area contributed by atoms with E-state index in [-0.39, 0.29) is 25.0 Å². The van der Waals surface area contributed by atoms with E-state index in [9.17, 15) is 4.79 Å². The van der Waals surface area contributed by atoms with Crippen LogP contribution in [0.2, 0.25) is 0 Å². The smallest absolute Gasteiger partial charge is 0.222 e. The quantitative estimate of drug-likeness (QED) is 0.759. The number of hydrogen-bond donors (Lipinski definition) is 2. The van der Waals surface area contributed by atoms with Gasteiger partial charge in [0, 0.05) is 23.1 Å². The fraction of sp³-hybridized carbons (Fsp3) is 0.263. The zero-order valence-electron chi connectivity index (χ0n) is 13.9. The van der Waals surface area contributed by atoms with Gasteiger partial charge in [0.2, 0.25) is 5.91 Å². The van der Waals surface area contributed by atoms with E-state index in [0.29, 0.717) is 0 Å². The molecule has 24 heavy (non-hydrogen) atoms. The molecule has 2 N–H and O–H groups in total. The second-order valence-electron chi connectivity index (χ2n) is 5.86. The van der Waals surface area contributed by atoms with Gasteiger partial charge in [-0.1, -0.05) is 36.4 Å². The standard InChI is InChI=1S/C19H21N3O2/c1-13(21-19(24)10-11-23)17-12-20-22(14(17)2)18-9-5-7-15-6-3-4-8-16(15)18/h3-9,12-13,23H,10-11H2,1-2H3,(H,21,24). The molecule has 124 valence electrons. The lowest BCUT2D eigenvalue weighted by atomic mass is 10.1. The molecule has 0 saturated heterocycles. The molecule has 5 nitrogen and oxygen atoms in total. The number of aromatic nitrogens is 2. The van der Waals surface area contributed by atoms with Gasteiger partial charge in [-0.3, -0.25) is 4.79 Å². The van der Waals surface area contributed by atoms with Crippen LogP contribution in [-0.4, -0.2) is 27.4 Å². The fourth-order valence-electron chi connectivity index (χ4n) is 2.98. The van der Waals surface area contributed by atoms with Crippen molar-refractivity contribution >= 4 is 16.7 Å². The Balaban J connectivity index is 1.96. The highest BCUT2D eigenvalue weighted by molar-refractivity contribution is 5.90. The number of hydrogen-bond acceptors (Lipinski definition) is 3. The van der Waals surface area contributed by atoms with Gasteiger partial charge in [0.15, 0.2) is 0 Å². The van der Waals surface area contributed by atoms with Crippen LogP contribution in [-0.2, 0) is 4.79 Å². The van der Waals surface area contributed by atoms with Crippen molar-refractivity contribution in [3.63, 3.8) is 0 Å². The van der Waals surface area contributed by atoms with Crippen LogP contribution in [0.3, 0.4) is 0 Å². The lowest BCUT2D eigenvalue weighted by Gasteiger charge is -2.14. The summed E-state index contributed by atoms with van der Waals surface area (Å²) in [6, 6.07) is 14.2. The Morgan fingerprint density at radius 2 is 2.00 bits per heavy atom. The summed E-state index contributed by atoms with van der Waals surface area (Å²) in [6.45, 7) is 3.78. The third kappa shape index (κ3) is 3.03. The first kappa shape index (κ1) is 16.2. The molecule has 0 bridgehead atoms. The molecule has 1 amide bonds. The first-order valence-electron chi connectivity index (χ1n) is 8.04. The number of carbonyl (C=O) groups is 1. The highest BCUT2D eigenvalue weighted by atomic mass is 16.3. The van der Waals surface area contributed by atoms with E-state index in [1.165, 1.54) is 0 Å². The second-order valence-corrected chi connectivity index (χ2v) is 5.86. The molecule has 0 radical (unpaired) electrons. The number of rotatable bonds is 5. The van der Waals surface area contributed by atoms with Crippen LogP contribution >= 0.6 is 0 Å². The summed E-state index contributed by atoms with van der Waals surface area (Å²) < 4.78 is 1.91. The highest BCUT2D eigenvalue weighted by Crippen LogP contribution is 2.25. The average molecular weight is 323 g/mol. The van der Waals surface area contributed by atoms with Gasteiger partial charge >= 0.3 is 0 Å². The number of aliphatic hydroxyl groups is 1. The first-order chi connectivity index (χ1) is 11.6. The topological polar surface area (TPSA) is 67.2 Å². The van der Waals surface area contributed by atoms with Crippen molar-refractivity contribution in [3.8, 4) is 5.69 Å². The molecule has 0 aliphatic carbocycles. The molecule has 2 aromatic carbocycles. The van der Waals surface area contributed by atoms with E-state index >= 15 is 0 Å². The molecule has 1 unspecified atom stereocenters. The molecule has 3 rings (SSSR count). The molecule has 0 aliphatic heterocycles. The Hall–Kier alpha value is -2.66. The Bertz CT molecular complexity index is 865. The van der Waals surface area contributed by atoms with Crippen LogP contribution < -0.4 is 5.32 Å². The van der Waals surface area contributed by atoms with Crippen LogP contribution in [0.25, 0.3) is 16.5 Å². The number of benzene rings is 2. The summed E-state index contributed by atoms with van der Waals surface area (Å²) in [7, 11) is 0. The second kappa shape index (κ2) is 6.84. The fourth-order valence-corrected chi connectivity index (χ4v) is 2.98. The molecule has 3 aromatic rings.